The average Bonchev–Trinajstić information content (AvgIpc) is 3.10. The molecule has 4 rings (SSSR count). The van der Waals surface area contributed by atoms with Gasteiger partial charge in [0.05, 0.1) is 12.1 Å². The number of likely N-dealkylation sites (tertiary alicyclic amines) is 1. The lowest BCUT2D eigenvalue weighted by molar-refractivity contribution is -0.132. The molecule has 0 spiro atoms. The second-order valence-corrected chi connectivity index (χ2v) is 7.87. The smallest absolute Gasteiger partial charge is 0.228 e. The van der Waals surface area contributed by atoms with Crippen LogP contribution in [0.2, 0.25) is 0 Å². The van der Waals surface area contributed by atoms with Crippen molar-refractivity contribution in [2.75, 3.05) is 26.2 Å². The highest BCUT2D eigenvalue weighted by Crippen LogP contribution is 2.31. The maximum atomic E-state index is 12.8. The van der Waals surface area contributed by atoms with E-state index >= 15 is 0 Å². The fourth-order valence-electron chi connectivity index (χ4n) is 4.49. The molecule has 1 aromatic carbocycles. The van der Waals surface area contributed by atoms with Gasteiger partial charge in [-0.25, -0.2) is 4.98 Å². The first-order valence-corrected chi connectivity index (χ1v) is 10.2. The average molecular weight is 404 g/mol. The first-order valence-electron chi connectivity index (χ1n) is 10.2. The van der Waals surface area contributed by atoms with Gasteiger partial charge in [0.25, 0.3) is 0 Å². The number of oxazole rings is 1. The number of amides is 1. The maximum absolute atomic E-state index is 12.8. The van der Waals surface area contributed by atoms with Crippen LogP contribution in [0.5, 0.6) is 0 Å². The monoisotopic (exact) mass is 403 g/mol. The molecular weight excluding hydrogens is 374 g/mol. The number of halogens is 1. The minimum Gasteiger partial charge on any atom is -0.441 e. The van der Waals surface area contributed by atoms with Crippen molar-refractivity contribution in [1.29, 1.82) is 0 Å². The molecule has 1 aromatic heterocycles. The lowest BCUT2D eigenvalue weighted by Gasteiger charge is -2.37. The number of carbonyl (C=O) groups excluding carboxylic acids is 1. The Morgan fingerprint density at radius 2 is 1.75 bits per heavy atom. The Hall–Kier alpha value is -1.85. The lowest BCUT2D eigenvalue weighted by atomic mass is 9.79. The van der Waals surface area contributed by atoms with Crippen molar-refractivity contribution in [1.82, 2.24) is 15.2 Å². The third-order valence-electron chi connectivity index (χ3n) is 6.17. The molecule has 1 amide bonds. The summed E-state index contributed by atoms with van der Waals surface area (Å²) < 4.78 is 5.80. The number of aromatic nitrogens is 1. The summed E-state index contributed by atoms with van der Waals surface area (Å²) in [6, 6.07) is 9.85. The fraction of sp³-hybridized carbons (Fsp3) is 0.545. The molecule has 0 aliphatic carbocycles. The van der Waals surface area contributed by atoms with E-state index in [9.17, 15) is 4.79 Å². The Morgan fingerprint density at radius 3 is 2.43 bits per heavy atom. The van der Waals surface area contributed by atoms with Gasteiger partial charge >= 0.3 is 0 Å². The molecule has 2 fully saturated rings. The SMILES string of the molecule is Cc1oc(-c2ccccc2)nc1CC(=O)N1CCC(C2CCNCC2)CC1.Cl. The number of hydrogen-bond acceptors (Lipinski definition) is 4. The van der Waals surface area contributed by atoms with Gasteiger partial charge in [-0.15, -0.1) is 12.4 Å². The first kappa shape index (κ1) is 20.9. The van der Waals surface area contributed by atoms with Gasteiger partial charge < -0.3 is 14.6 Å². The molecule has 28 heavy (non-hydrogen) atoms. The number of piperidine rings is 2. The van der Waals surface area contributed by atoms with E-state index in [4.69, 9.17) is 4.42 Å². The molecule has 0 atom stereocenters. The van der Waals surface area contributed by atoms with Crippen LogP contribution >= 0.6 is 12.4 Å². The van der Waals surface area contributed by atoms with Crippen molar-refractivity contribution in [3.8, 4) is 11.5 Å². The third-order valence-corrected chi connectivity index (χ3v) is 6.17. The van der Waals surface area contributed by atoms with E-state index in [1.807, 2.05) is 42.2 Å². The van der Waals surface area contributed by atoms with Crippen LogP contribution in [0.25, 0.3) is 11.5 Å². The summed E-state index contributed by atoms with van der Waals surface area (Å²) in [4.78, 5) is 19.4. The largest absolute Gasteiger partial charge is 0.441 e. The third kappa shape index (κ3) is 4.76. The van der Waals surface area contributed by atoms with Gasteiger partial charge in [-0.2, -0.15) is 0 Å². The number of nitrogens with zero attached hydrogens (tertiary/aromatic N) is 2. The van der Waals surface area contributed by atoms with Crippen molar-refractivity contribution in [2.24, 2.45) is 11.8 Å². The zero-order valence-electron chi connectivity index (χ0n) is 16.5. The lowest BCUT2D eigenvalue weighted by Crippen LogP contribution is -2.42. The summed E-state index contributed by atoms with van der Waals surface area (Å²) in [6.07, 6.45) is 5.20. The van der Waals surface area contributed by atoms with Crippen molar-refractivity contribution < 1.29 is 9.21 Å². The van der Waals surface area contributed by atoms with E-state index in [2.05, 4.69) is 10.3 Å². The highest BCUT2D eigenvalue weighted by molar-refractivity contribution is 5.85. The first-order chi connectivity index (χ1) is 13.2. The summed E-state index contributed by atoms with van der Waals surface area (Å²) in [5.41, 5.74) is 1.71. The number of hydrogen-bond donors (Lipinski definition) is 1. The minimum atomic E-state index is 0. The van der Waals surface area contributed by atoms with Crippen LogP contribution in [0.15, 0.2) is 34.7 Å². The molecular formula is C22H30ClN3O2. The molecule has 3 heterocycles. The van der Waals surface area contributed by atoms with E-state index in [1.165, 1.54) is 12.8 Å². The topological polar surface area (TPSA) is 58.4 Å². The molecule has 0 bridgehead atoms. The van der Waals surface area contributed by atoms with Crippen LogP contribution < -0.4 is 5.32 Å². The Labute approximate surface area is 173 Å². The predicted octanol–water partition coefficient (Wildman–Crippen LogP) is 3.85. The quantitative estimate of drug-likeness (QED) is 0.842. The number of benzene rings is 1. The maximum Gasteiger partial charge on any atom is 0.228 e. The van der Waals surface area contributed by atoms with Gasteiger partial charge in [0.2, 0.25) is 11.8 Å². The van der Waals surface area contributed by atoms with Crippen LogP contribution in [0.4, 0.5) is 0 Å². The number of carbonyl (C=O) groups is 1. The normalized spacial score (nSPS) is 18.7. The van der Waals surface area contributed by atoms with E-state index in [0.29, 0.717) is 12.3 Å². The molecule has 2 aliphatic heterocycles. The summed E-state index contributed by atoms with van der Waals surface area (Å²) in [6.45, 7) is 5.97. The van der Waals surface area contributed by atoms with E-state index in [0.717, 1.165) is 67.9 Å². The van der Waals surface area contributed by atoms with Gasteiger partial charge in [0, 0.05) is 18.7 Å². The zero-order chi connectivity index (χ0) is 18.6. The molecule has 152 valence electrons. The van der Waals surface area contributed by atoms with Crippen LogP contribution in [0.1, 0.15) is 37.1 Å². The summed E-state index contributed by atoms with van der Waals surface area (Å²) >= 11 is 0. The highest BCUT2D eigenvalue weighted by atomic mass is 35.5. The summed E-state index contributed by atoms with van der Waals surface area (Å²) in [7, 11) is 0. The van der Waals surface area contributed by atoms with Gasteiger partial charge in [0.15, 0.2) is 0 Å². The Balaban J connectivity index is 0.00000225. The van der Waals surface area contributed by atoms with E-state index in [1.54, 1.807) is 0 Å². The second kappa shape index (κ2) is 9.57. The molecule has 0 saturated carbocycles. The number of nitrogens with one attached hydrogen (secondary N) is 1. The summed E-state index contributed by atoms with van der Waals surface area (Å²) in [5.74, 6) is 3.14. The van der Waals surface area contributed by atoms with Gasteiger partial charge in [0.1, 0.15) is 5.76 Å². The van der Waals surface area contributed by atoms with Crippen LogP contribution in [-0.2, 0) is 11.2 Å². The molecule has 5 nitrogen and oxygen atoms in total. The van der Waals surface area contributed by atoms with E-state index in [-0.39, 0.29) is 18.3 Å². The molecule has 0 radical (unpaired) electrons. The molecule has 2 aromatic rings. The molecule has 6 heteroatoms. The summed E-state index contributed by atoms with van der Waals surface area (Å²) in [5, 5.41) is 3.45. The van der Waals surface area contributed by atoms with Gasteiger partial charge in [-0.1, -0.05) is 18.2 Å². The Morgan fingerprint density at radius 1 is 1.11 bits per heavy atom. The minimum absolute atomic E-state index is 0. The van der Waals surface area contributed by atoms with Crippen molar-refractivity contribution in [3.05, 3.63) is 41.8 Å². The predicted molar refractivity (Wildman–Crippen MR) is 113 cm³/mol. The van der Waals surface area contributed by atoms with E-state index < -0.39 is 0 Å². The Bertz CT molecular complexity index is 763. The van der Waals surface area contributed by atoms with Gasteiger partial charge in [-0.05, 0) is 69.7 Å². The zero-order valence-corrected chi connectivity index (χ0v) is 17.3. The van der Waals surface area contributed by atoms with Gasteiger partial charge in [-0.3, -0.25) is 4.79 Å². The second-order valence-electron chi connectivity index (χ2n) is 7.87. The standard InChI is InChI=1S/C22H29N3O2.ClH/c1-16-20(24-22(27-16)19-5-3-2-4-6-19)15-21(26)25-13-9-18(10-14-25)17-7-11-23-12-8-17;/h2-6,17-18,23H,7-15H2,1H3;1H. The number of rotatable bonds is 4. The van der Waals surface area contributed by atoms with Crippen LogP contribution in [0, 0.1) is 18.8 Å². The molecule has 0 unspecified atom stereocenters. The molecule has 2 saturated heterocycles. The van der Waals surface area contributed by atoms with Crippen molar-refractivity contribution in [2.45, 2.75) is 39.0 Å². The van der Waals surface area contributed by atoms with Crippen molar-refractivity contribution >= 4 is 18.3 Å². The van der Waals surface area contributed by atoms with Crippen molar-refractivity contribution in [3.63, 3.8) is 0 Å². The molecule has 2 aliphatic rings. The molecule has 1 N–H and O–H groups in total. The Kier molecular flexibility index (Phi) is 7.13. The number of aryl methyl sites for hydroxylation is 1. The highest BCUT2D eigenvalue weighted by Gasteiger charge is 2.29. The van der Waals surface area contributed by atoms with Crippen LogP contribution in [-0.4, -0.2) is 42.0 Å². The van der Waals surface area contributed by atoms with Crippen LogP contribution in [0.3, 0.4) is 0 Å². The fourth-order valence-corrected chi connectivity index (χ4v) is 4.49.